The number of rotatable bonds is 2. The quantitative estimate of drug-likeness (QED) is 0.595. The highest BCUT2D eigenvalue weighted by atomic mass is 19.3. The van der Waals surface area contributed by atoms with Crippen molar-refractivity contribution < 1.29 is 13.6 Å². The number of amides is 1. The fraction of sp³-hybridized carbons (Fsp3) is 0.478. The molecule has 5 heterocycles. The minimum atomic E-state index is -2.69. The molecule has 0 radical (unpaired) electrons. The van der Waals surface area contributed by atoms with Gasteiger partial charge in [-0.3, -0.25) is 9.20 Å². The molecular formula is C23H24F2N6O2. The molecule has 0 spiro atoms. The van der Waals surface area contributed by atoms with E-state index in [-0.39, 0.29) is 37.5 Å². The average Bonchev–Trinajstić information content (AvgIpc) is 3.06. The molecule has 0 unspecified atom stereocenters. The second-order valence-corrected chi connectivity index (χ2v) is 9.36. The van der Waals surface area contributed by atoms with E-state index in [1.165, 1.54) is 14.0 Å². The van der Waals surface area contributed by atoms with Crippen LogP contribution in [0.5, 0.6) is 0 Å². The first kappa shape index (κ1) is 20.3. The molecule has 1 aliphatic carbocycles. The Kier molecular flexibility index (Phi) is 4.37. The van der Waals surface area contributed by atoms with Crippen molar-refractivity contribution >= 4 is 23.1 Å². The van der Waals surface area contributed by atoms with Crippen molar-refractivity contribution in [2.45, 2.75) is 37.5 Å². The van der Waals surface area contributed by atoms with Gasteiger partial charge in [0.25, 0.3) is 11.8 Å². The van der Waals surface area contributed by atoms with Gasteiger partial charge >= 0.3 is 5.69 Å². The van der Waals surface area contributed by atoms with Gasteiger partial charge in [0.15, 0.2) is 5.65 Å². The lowest BCUT2D eigenvalue weighted by atomic mass is 9.67. The Labute approximate surface area is 188 Å². The SMILES string of the molecule is Cn1nc2cc(N3C[C@@H]4CC[C@@H]4c4cc(C(=O)N5CCC(F)(F)CC5)cnc43)ccn2c1=O. The van der Waals surface area contributed by atoms with E-state index < -0.39 is 5.92 Å². The number of anilines is 2. The lowest BCUT2D eigenvalue weighted by molar-refractivity contribution is -0.0494. The summed E-state index contributed by atoms with van der Waals surface area (Å²) in [6.45, 7) is 0.932. The van der Waals surface area contributed by atoms with Crippen molar-refractivity contribution in [3.63, 3.8) is 0 Å². The molecule has 1 saturated heterocycles. The van der Waals surface area contributed by atoms with Crippen LogP contribution in [-0.4, -0.2) is 55.5 Å². The fourth-order valence-electron chi connectivity index (χ4n) is 5.29. The molecule has 1 amide bonds. The number of piperidine rings is 1. The Hall–Kier alpha value is -3.30. The Morgan fingerprint density at radius 2 is 1.97 bits per heavy atom. The van der Waals surface area contributed by atoms with E-state index in [0.29, 0.717) is 23.0 Å². The fourth-order valence-corrected chi connectivity index (χ4v) is 5.29. The van der Waals surface area contributed by atoms with E-state index in [1.54, 1.807) is 19.4 Å². The van der Waals surface area contributed by atoms with E-state index in [0.717, 1.165) is 36.5 Å². The summed E-state index contributed by atoms with van der Waals surface area (Å²) in [6, 6.07) is 5.66. The van der Waals surface area contributed by atoms with E-state index >= 15 is 0 Å². The predicted molar refractivity (Wildman–Crippen MR) is 117 cm³/mol. The number of carbonyl (C=O) groups excluding carboxylic acids is 1. The van der Waals surface area contributed by atoms with Crippen LogP contribution in [0.2, 0.25) is 0 Å². The minimum absolute atomic E-state index is 0.0601. The Morgan fingerprint density at radius 3 is 2.70 bits per heavy atom. The summed E-state index contributed by atoms with van der Waals surface area (Å²) in [4.78, 5) is 33.5. The number of pyridine rings is 2. The predicted octanol–water partition coefficient (Wildman–Crippen LogP) is 2.94. The molecule has 0 aromatic carbocycles. The Balaban J connectivity index is 1.35. The van der Waals surface area contributed by atoms with Gasteiger partial charge in [-0.05, 0) is 42.4 Å². The van der Waals surface area contributed by atoms with Gasteiger partial charge in [0.1, 0.15) is 5.82 Å². The summed E-state index contributed by atoms with van der Waals surface area (Å²) in [7, 11) is 1.62. The highest BCUT2D eigenvalue weighted by Gasteiger charge is 2.42. The van der Waals surface area contributed by atoms with Gasteiger partial charge in [0.05, 0.1) is 5.56 Å². The second-order valence-electron chi connectivity index (χ2n) is 9.36. The first-order valence-electron chi connectivity index (χ1n) is 11.3. The van der Waals surface area contributed by atoms with Gasteiger partial charge in [-0.2, -0.15) is 5.10 Å². The number of aryl methyl sites for hydroxylation is 1. The first-order chi connectivity index (χ1) is 15.8. The maximum atomic E-state index is 13.5. The molecule has 0 bridgehead atoms. The van der Waals surface area contributed by atoms with Gasteiger partial charge in [-0.1, -0.05) is 0 Å². The molecule has 10 heteroatoms. The number of halogens is 2. The third-order valence-electron chi connectivity index (χ3n) is 7.38. The van der Waals surface area contributed by atoms with Gasteiger partial charge in [0, 0.05) is 63.7 Å². The zero-order chi connectivity index (χ0) is 22.9. The molecule has 6 rings (SSSR count). The molecule has 172 valence electrons. The smallest absolute Gasteiger partial charge is 0.338 e. The number of fused-ring (bicyclic) bond motifs is 4. The minimum Gasteiger partial charge on any atom is -0.338 e. The second kappa shape index (κ2) is 7.10. The van der Waals surface area contributed by atoms with E-state index in [4.69, 9.17) is 0 Å². The summed E-state index contributed by atoms with van der Waals surface area (Å²) in [5.74, 6) is -1.31. The van der Waals surface area contributed by atoms with Crippen LogP contribution in [0, 0.1) is 5.92 Å². The monoisotopic (exact) mass is 454 g/mol. The van der Waals surface area contributed by atoms with Crippen LogP contribution in [0.4, 0.5) is 20.3 Å². The molecule has 1 saturated carbocycles. The first-order valence-corrected chi connectivity index (χ1v) is 11.3. The molecular weight excluding hydrogens is 430 g/mol. The molecule has 3 aliphatic rings. The van der Waals surface area contributed by atoms with Crippen LogP contribution in [0.25, 0.3) is 5.65 Å². The summed E-state index contributed by atoms with van der Waals surface area (Å²) >= 11 is 0. The number of hydrogen-bond donors (Lipinski definition) is 0. The number of aromatic nitrogens is 4. The highest BCUT2D eigenvalue weighted by molar-refractivity contribution is 5.94. The lowest BCUT2D eigenvalue weighted by Gasteiger charge is -2.46. The summed E-state index contributed by atoms with van der Waals surface area (Å²) in [5, 5.41) is 4.29. The van der Waals surface area contributed by atoms with Crippen LogP contribution < -0.4 is 10.6 Å². The molecule has 2 atom stereocenters. The van der Waals surface area contributed by atoms with Gasteiger partial charge in [-0.25, -0.2) is 23.2 Å². The van der Waals surface area contributed by atoms with Crippen LogP contribution in [-0.2, 0) is 7.05 Å². The van der Waals surface area contributed by atoms with Crippen LogP contribution in [0.1, 0.15) is 47.5 Å². The van der Waals surface area contributed by atoms with E-state index in [1.807, 2.05) is 18.2 Å². The van der Waals surface area contributed by atoms with Crippen LogP contribution >= 0.6 is 0 Å². The number of carbonyl (C=O) groups is 1. The van der Waals surface area contributed by atoms with Crippen molar-refractivity contribution in [2.24, 2.45) is 13.0 Å². The summed E-state index contributed by atoms with van der Waals surface area (Å²) in [6.07, 6.45) is 4.84. The third-order valence-corrected chi connectivity index (χ3v) is 7.38. The third kappa shape index (κ3) is 3.22. The Bertz CT molecular complexity index is 1320. The zero-order valence-corrected chi connectivity index (χ0v) is 18.2. The molecule has 2 fully saturated rings. The van der Waals surface area contributed by atoms with Crippen LogP contribution in [0.15, 0.2) is 35.4 Å². The van der Waals surface area contributed by atoms with Crippen molar-refractivity contribution in [3.05, 3.63) is 52.2 Å². The van der Waals surface area contributed by atoms with Crippen molar-refractivity contribution in [3.8, 4) is 0 Å². The number of nitrogens with zero attached hydrogens (tertiary/aromatic N) is 6. The summed E-state index contributed by atoms with van der Waals surface area (Å²) < 4.78 is 29.8. The average molecular weight is 454 g/mol. The van der Waals surface area contributed by atoms with Crippen LogP contribution in [0.3, 0.4) is 0 Å². The Morgan fingerprint density at radius 1 is 1.18 bits per heavy atom. The molecule has 8 nitrogen and oxygen atoms in total. The standard InChI is InChI=1S/C23H24F2N6O2/c1-28-22(33)30-7-4-16(11-19(30)27-28)31-13-14-2-3-17(14)18-10-15(12-26-20(18)31)21(32)29-8-5-23(24,25)6-9-29/h4,7,10-12,14,17H,2-3,5-6,8-9,13H2,1H3/t14-,17-/m0/s1. The van der Waals surface area contributed by atoms with Crippen molar-refractivity contribution in [1.82, 2.24) is 24.1 Å². The maximum Gasteiger partial charge on any atom is 0.350 e. The van der Waals surface area contributed by atoms with E-state index in [2.05, 4.69) is 15.0 Å². The largest absolute Gasteiger partial charge is 0.350 e. The molecule has 0 N–H and O–H groups in total. The van der Waals surface area contributed by atoms with Gasteiger partial charge < -0.3 is 9.80 Å². The molecule has 3 aromatic heterocycles. The molecule has 3 aromatic rings. The maximum absolute atomic E-state index is 13.5. The molecule has 33 heavy (non-hydrogen) atoms. The van der Waals surface area contributed by atoms with E-state index in [9.17, 15) is 18.4 Å². The van der Waals surface area contributed by atoms with Gasteiger partial charge in [0.2, 0.25) is 0 Å². The van der Waals surface area contributed by atoms with Crippen molar-refractivity contribution in [1.29, 1.82) is 0 Å². The number of hydrogen-bond acceptors (Lipinski definition) is 5. The number of alkyl halides is 2. The highest BCUT2D eigenvalue weighted by Crippen LogP contribution is 2.51. The number of likely N-dealkylation sites (tertiary alicyclic amines) is 1. The van der Waals surface area contributed by atoms with Crippen molar-refractivity contribution in [2.75, 3.05) is 24.5 Å². The molecule has 2 aliphatic heterocycles. The van der Waals surface area contributed by atoms with Gasteiger partial charge in [-0.15, -0.1) is 0 Å². The summed E-state index contributed by atoms with van der Waals surface area (Å²) in [5.41, 5.74) is 2.74. The normalized spacial score (nSPS) is 23.7. The topological polar surface area (TPSA) is 75.7 Å². The zero-order valence-electron chi connectivity index (χ0n) is 18.2. The lowest BCUT2D eigenvalue weighted by Crippen LogP contribution is -2.43.